The van der Waals surface area contributed by atoms with Gasteiger partial charge in [-0.25, -0.2) is 10.4 Å². The van der Waals surface area contributed by atoms with Gasteiger partial charge in [0.2, 0.25) is 0 Å². The molecule has 0 saturated carbocycles. The third kappa shape index (κ3) is 4.38. The van der Waals surface area contributed by atoms with E-state index in [1.807, 2.05) is 142 Å². The Labute approximate surface area is 260 Å². The molecule has 0 bridgehead atoms. The molecule has 3 aromatic carbocycles. The van der Waals surface area contributed by atoms with Crippen molar-refractivity contribution in [3.8, 4) is 0 Å². The Morgan fingerprint density at radius 1 is 0.500 bits per heavy atom. The standard InChI is InChI=1S/C34H44N6O4/c1-31(2)32(3,4)38(42)29(37(31)41)23-11-15-25(16-12-23)35(9)27-19-21-28(22-20-27)36(10)26-17-13-24(14-18-26)30-39(43)33(5,6)34(7,8)40(30)44/h11-22,41,43H,1-10H3. The van der Waals surface area contributed by atoms with E-state index < -0.39 is 22.2 Å². The molecule has 0 atom stereocenters. The molecule has 10 heteroatoms. The smallest absolute Gasteiger partial charge is 0.313 e. The van der Waals surface area contributed by atoms with Crippen LogP contribution in [0.25, 0.3) is 0 Å². The van der Waals surface area contributed by atoms with Gasteiger partial charge in [0.05, 0.1) is 11.1 Å². The van der Waals surface area contributed by atoms with Crippen molar-refractivity contribution in [3.05, 3.63) is 94.3 Å². The monoisotopic (exact) mass is 600 g/mol. The summed E-state index contributed by atoms with van der Waals surface area (Å²) < 4.78 is 1.78. The largest absolute Gasteiger partial charge is 0.714 e. The van der Waals surface area contributed by atoms with Crippen molar-refractivity contribution < 1.29 is 19.9 Å². The van der Waals surface area contributed by atoms with Crippen LogP contribution in [-0.2, 0) is 0 Å². The van der Waals surface area contributed by atoms with Gasteiger partial charge in [0.15, 0.2) is 11.1 Å². The van der Waals surface area contributed by atoms with Gasteiger partial charge >= 0.3 is 11.7 Å². The highest BCUT2D eigenvalue weighted by Gasteiger charge is 2.59. The van der Waals surface area contributed by atoms with Gasteiger partial charge in [-0.2, -0.15) is 0 Å². The molecule has 2 aliphatic heterocycles. The second-order valence-corrected chi connectivity index (χ2v) is 13.8. The number of rotatable bonds is 6. The molecule has 10 nitrogen and oxygen atoms in total. The maximum absolute atomic E-state index is 13.1. The molecule has 3 aromatic rings. The van der Waals surface area contributed by atoms with Crippen molar-refractivity contribution in [1.29, 1.82) is 0 Å². The molecule has 44 heavy (non-hydrogen) atoms. The van der Waals surface area contributed by atoms with Crippen molar-refractivity contribution in [3.63, 3.8) is 0 Å². The fraction of sp³-hybridized carbons (Fsp3) is 0.412. The normalized spacial score (nSPS) is 20.0. The highest BCUT2D eigenvalue weighted by Crippen LogP contribution is 2.39. The number of benzene rings is 3. The first-order valence-electron chi connectivity index (χ1n) is 14.8. The molecule has 0 saturated heterocycles. The Bertz CT molecular complexity index is 1500. The topological polar surface area (TPSA) is 106 Å². The minimum atomic E-state index is -0.800. The predicted octanol–water partition coefficient (Wildman–Crippen LogP) is 6.26. The van der Waals surface area contributed by atoms with Crippen molar-refractivity contribution in [2.75, 3.05) is 23.9 Å². The number of amidine groups is 2. The molecule has 0 aromatic heterocycles. The third-order valence-electron chi connectivity index (χ3n) is 10.5. The van der Waals surface area contributed by atoms with Gasteiger partial charge in [-0.3, -0.25) is 9.48 Å². The van der Waals surface area contributed by atoms with Crippen molar-refractivity contribution >= 4 is 34.4 Å². The third-order valence-corrected chi connectivity index (χ3v) is 10.5. The Balaban J connectivity index is 1.31. The van der Waals surface area contributed by atoms with Gasteiger partial charge in [0.1, 0.15) is 11.1 Å². The van der Waals surface area contributed by atoms with Crippen molar-refractivity contribution in [1.82, 2.24) is 10.1 Å². The van der Waals surface area contributed by atoms with Gasteiger partial charge < -0.3 is 20.2 Å². The summed E-state index contributed by atoms with van der Waals surface area (Å²) in [4.78, 5) is 4.11. The first kappa shape index (κ1) is 31.2. The van der Waals surface area contributed by atoms with Crippen LogP contribution in [0.1, 0.15) is 66.5 Å². The summed E-state index contributed by atoms with van der Waals surface area (Å²) in [5.41, 5.74) is 2.03. The Hall–Kier alpha value is -4.28. The SMILES string of the molecule is CN(c1ccc(C2=[N+]([O-])C(C)(C)C(C)(C)N2O)cc1)c1ccc(N(C)c2ccc(C3=[N+]([O-])C(C)(C)C(C)(C)N3O)cc2)cc1. The lowest BCUT2D eigenvalue weighted by atomic mass is 9.84. The molecule has 2 aliphatic rings. The van der Waals surface area contributed by atoms with Gasteiger partial charge in [-0.05, 0) is 128 Å². The number of hydrogen-bond acceptors (Lipinski definition) is 8. The minimum Gasteiger partial charge on any atom is -0.714 e. The molecule has 0 aliphatic carbocycles. The summed E-state index contributed by atoms with van der Waals surface area (Å²) >= 11 is 0. The molecule has 5 rings (SSSR count). The molecule has 234 valence electrons. The Morgan fingerprint density at radius 2 is 0.727 bits per heavy atom. The quantitative estimate of drug-likeness (QED) is 0.252. The first-order chi connectivity index (χ1) is 20.4. The highest BCUT2D eigenvalue weighted by atomic mass is 16.5. The van der Waals surface area contributed by atoms with E-state index in [0.29, 0.717) is 11.1 Å². The summed E-state index contributed by atoms with van der Waals surface area (Å²) in [5, 5.41) is 49.9. The van der Waals surface area contributed by atoms with Crippen LogP contribution in [0, 0.1) is 10.4 Å². The molecule has 0 fully saturated rings. The molecule has 0 unspecified atom stereocenters. The van der Waals surface area contributed by atoms with Crippen LogP contribution in [0.15, 0.2) is 72.8 Å². The summed E-state index contributed by atoms with van der Waals surface area (Å²) in [6, 6.07) is 23.3. The van der Waals surface area contributed by atoms with Gasteiger partial charge in [0, 0.05) is 36.8 Å². The fourth-order valence-electron chi connectivity index (χ4n) is 5.59. The molecule has 2 heterocycles. The molecular weight excluding hydrogens is 556 g/mol. The summed E-state index contributed by atoms with van der Waals surface area (Å²) in [7, 11) is 3.96. The van der Waals surface area contributed by atoms with Crippen molar-refractivity contribution in [2.24, 2.45) is 0 Å². The zero-order valence-corrected chi connectivity index (χ0v) is 27.3. The number of nitrogens with zero attached hydrogens (tertiary/aromatic N) is 6. The summed E-state index contributed by atoms with van der Waals surface area (Å²) in [6.45, 7) is 14.7. The number of hydrogen-bond donors (Lipinski definition) is 2. The second-order valence-electron chi connectivity index (χ2n) is 13.8. The van der Waals surface area contributed by atoms with Crippen LogP contribution in [0.4, 0.5) is 22.7 Å². The lowest BCUT2D eigenvalue weighted by Gasteiger charge is -2.33. The van der Waals surface area contributed by atoms with Crippen LogP contribution < -0.4 is 9.80 Å². The zero-order valence-electron chi connectivity index (χ0n) is 27.3. The fourth-order valence-corrected chi connectivity index (χ4v) is 5.59. The minimum absolute atomic E-state index is 0.239. The van der Waals surface area contributed by atoms with E-state index in [1.54, 1.807) is 0 Å². The average Bonchev–Trinajstić information content (AvgIpc) is 3.20. The number of anilines is 4. The first-order valence-corrected chi connectivity index (χ1v) is 14.8. The molecule has 2 N–H and O–H groups in total. The zero-order chi connectivity index (χ0) is 32.6. The van der Waals surface area contributed by atoms with Crippen LogP contribution in [-0.4, -0.2) is 77.9 Å². The molecule has 0 spiro atoms. The number of hydroxylamine groups is 6. The summed E-state index contributed by atoms with van der Waals surface area (Å²) in [5.74, 6) is 0.478. The maximum atomic E-state index is 13.1. The highest BCUT2D eigenvalue weighted by molar-refractivity contribution is 5.97. The lowest BCUT2D eigenvalue weighted by Crippen LogP contribution is -2.53. The average molecular weight is 601 g/mol. The Morgan fingerprint density at radius 3 is 0.932 bits per heavy atom. The van der Waals surface area contributed by atoms with E-state index in [-0.39, 0.29) is 11.7 Å². The van der Waals surface area contributed by atoms with Gasteiger partial charge in [-0.15, -0.1) is 10.1 Å². The molecule has 0 amide bonds. The Kier molecular flexibility index (Phi) is 7.18. The summed E-state index contributed by atoms with van der Waals surface area (Å²) in [6.07, 6.45) is 0. The predicted molar refractivity (Wildman–Crippen MR) is 174 cm³/mol. The van der Waals surface area contributed by atoms with E-state index in [2.05, 4.69) is 9.80 Å². The van der Waals surface area contributed by atoms with E-state index >= 15 is 0 Å². The van der Waals surface area contributed by atoms with Gasteiger partial charge in [-0.1, -0.05) is 0 Å². The maximum Gasteiger partial charge on any atom is 0.313 e. The van der Waals surface area contributed by atoms with Crippen LogP contribution in [0.2, 0.25) is 0 Å². The lowest BCUT2D eigenvalue weighted by molar-refractivity contribution is -0.539. The van der Waals surface area contributed by atoms with Crippen LogP contribution >= 0.6 is 0 Å². The van der Waals surface area contributed by atoms with Crippen molar-refractivity contribution in [2.45, 2.75) is 77.5 Å². The second kappa shape index (κ2) is 10.1. The van der Waals surface area contributed by atoms with Gasteiger partial charge in [0.25, 0.3) is 0 Å². The van der Waals surface area contributed by atoms with E-state index in [9.17, 15) is 20.8 Å². The van der Waals surface area contributed by atoms with E-state index in [0.717, 1.165) is 42.4 Å². The van der Waals surface area contributed by atoms with E-state index in [1.165, 1.54) is 0 Å². The van der Waals surface area contributed by atoms with Crippen LogP contribution in [0.5, 0.6) is 0 Å². The van der Waals surface area contributed by atoms with Crippen LogP contribution in [0.3, 0.4) is 0 Å². The van der Waals surface area contributed by atoms with E-state index in [4.69, 9.17) is 0 Å². The molecule has 0 radical (unpaired) electrons. The molecular formula is C34H44N6O4.